The Morgan fingerprint density at radius 3 is 2.69 bits per heavy atom. The number of carbonyl (C=O) groups is 1. The van der Waals surface area contributed by atoms with E-state index in [0.29, 0.717) is 27.8 Å². The van der Waals surface area contributed by atoms with Crippen molar-refractivity contribution in [3.63, 3.8) is 0 Å². The third-order valence-corrected chi connectivity index (χ3v) is 4.21. The van der Waals surface area contributed by atoms with Crippen molar-refractivity contribution in [2.75, 3.05) is 12.1 Å². The van der Waals surface area contributed by atoms with Crippen molar-refractivity contribution in [3.05, 3.63) is 64.9 Å². The van der Waals surface area contributed by atoms with Crippen LogP contribution in [0.15, 0.2) is 48.8 Å². The van der Waals surface area contributed by atoms with Crippen molar-refractivity contribution in [2.45, 2.75) is 6.92 Å². The Balaban J connectivity index is 1.56. The first-order chi connectivity index (χ1) is 13.3. The van der Waals surface area contributed by atoms with Gasteiger partial charge in [0, 0.05) is 5.56 Å². The zero-order valence-corrected chi connectivity index (χ0v) is 14.4. The highest BCUT2D eigenvalue weighted by atomic mass is 35.5. The second kappa shape index (κ2) is 6.65. The summed E-state index contributed by atoms with van der Waals surface area (Å²) in [7, 11) is 0. The molecule has 0 unspecified atom stereocenters. The van der Waals surface area contributed by atoms with Crippen molar-refractivity contribution in [1.82, 2.24) is 9.97 Å². The predicted molar refractivity (Wildman–Crippen MR) is 97.7 cm³/mol. The number of nitrogens with one attached hydrogen (secondary N) is 1. The molecule has 0 saturated carbocycles. The number of amides is 1. The molecule has 1 aliphatic heterocycles. The molecule has 1 amide bonds. The van der Waals surface area contributed by atoms with Gasteiger partial charge in [-0.25, -0.2) is 4.98 Å². The molecule has 0 bridgehead atoms. The van der Waals surface area contributed by atoms with Gasteiger partial charge in [-0.1, -0.05) is 23.7 Å². The third-order valence-electron chi connectivity index (χ3n) is 3.88. The van der Waals surface area contributed by atoms with Gasteiger partial charge in [-0.05, 0) is 36.8 Å². The number of halogens is 1. The predicted octanol–water partition coefficient (Wildman–Crippen LogP) is 4.09. The Labute approximate surface area is 157 Å². The van der Waals surface area contributed by atoms with Gasteiger partial charge in [-0.15, -0.1) is 0 Å². The van der Waals surface area contributed by atoms with Gasteiger partial charge in [0.05, 0.1) is 28.7 Å². The van der Waals surface area contributed by atoms with Gasteiger partial charge in [0.2, 0.25) is 6.75 Å². The monoisotopic (exact) mass is 369 g/mol. The molecule has 26 heavy (non-hydrogen) atoms. The van der Waals surface area contributed by atoms with Crippen molar-refractivity contribution < 1.29 is 17.0 Å². The molecule has 0 fully saturated rings. The van der Waals surface area contributed by atoms with Crippen molar-refractivity contribution in [3.8, 4) is 22.8 Å². The maximum absolute atomic E-state index is 12.3. The zero-order chi connectivity index (χ0) is 19.9. The van der Waals surface area contributed by atoms with Crippen molar-refractivity contribution in [2.24, 2.45) is 0 Å². The fourth-order valence-corrected chi connectivity index (χ4v) is 2.79. The van der Waals surface area contributed by atoms with Crippen LogP contribution in [0, 0.1) is 6.92 Å². The number of rotatable bonds is 3. The molecule has 2 heterocycles. The Morgan fingerprint density at radius 2 is 1.96 bits per heavy atom. The van der Waals surface area contributed by atoms with Crippen LogP contribution in [0.4, 0.5) is 5.82 Å². The summed E-state index contributed by atoms with van der Waals surface area (Å²) in [6.45, 7) is -0.340. The minimum Gasteiger partial charge on any atom is -0.454 e. The molecule has 1 N–H and O–H groups in total. The van der Waals surface area contributed by atoms with Crippen LogP contribution in [0.25, 0.3) is 11.3 Å². The molecule has 3 aromatic rings. The van der Waals surface area contributed by atoms with Gasteiger partial charge in [-0.3, -0.25) is 9.78 Å². The highest BCUT2D eigenvalue weighted by molar-refractivity contribution is 6.34. The molecule has 1 aromatic heterocycles. The van der Waals surface area contributed by atoms with E-state index in [0.717, 1.165) is 11.1 Å². The topological polar surface area (TPSA) is 73.3 Å². The molecular formula is C19H14ClN3O3. The second-order valence-corrected chi connectivity index (χ2v) is 6.03. The van der Waals surface area contributed by atoms with Gasteiger partial charge in [0.15, 0.2) is 17.3 Å². The van der Waals surface area contributed by atoms with E-state index in [1.165, 1.54) is 12.4 Å². The van der Waals surface area contributed by atoms with E-state index in [1.54, 1.807) is 36.4 Å². The molecule has 0 radical (unpaired) electrons. The lowest BCUT2D eigenvalue weighted by molar-refractivity contribution is 0.102. The van der Waals surface area contributed by atoms with Crippen LogP contribution < -0.4 is 14.8 Å². The van der Waals surface area contributed by atoms with Crippen LogP contribution >= 0.6 is 11.6 Å². The normalized spacial score (nSPS) is 15.2. The maximum atomic E-state index is 12.3. The van der Waals surface area contributed by atoms with Crippen LogP contribution in [-0.4, -0.2) is 22.6 Å². The number of ether oxygens (including phenoxy) is 2. The summed E-state index contributed by atoms with van der Waals surface area (Å²) in [6.07, 6.45) is 2.95. The fraction of sp³-hybridized carbons (Fsp3) is 0.105. The van der Waals surface area contributed by atoms with E-state index in [9.17, 15) is 4.79 Å². The quantitative estimate of drug-likeness (QED) is 0.752. The highest BCUT2D eigenvalue weighted by Gasteiger charge is 2.17. The number of hydrogen-bond acceptors (Lipinski definition) is 5. The lowest BCUT2D eigenvalue weighted by Gasteiger charge is -2.09. The summed E-state index contributed by atoms with van der Waals surface area (Å²) in [6, 6.07) is 10.1. The minimum absolute atomic E-state index is 0.281. The van der Waals surface area contributed by atoms with E-state index in [-0.39, 0.29) is 11.7 Å². The van der Waals surface area contributed by atoms with Crippen LogP contribution in [-0.2, 0) is 0 Å². The van der Waals surface area contributed by atoms with Gasteiger partial charge >= 0.3 is 0 Å². The Bertz CT molecular complexity index is 1070. The number of carbonyl (C=O) groups excluding carboxylic acids is 1. The summed E-state index contributed by atoms with van der Waals surface area (Å²) >= 11 is 6.03. The first-order valence-corrected chi connectivity index (χ1v) is 8.11. The molecule has 0 atom stereocenters. The lowest BCUT2D eigenvalue weighted by atomic mass is 10.1. The van der Waals surface area contributed by atoms with E-state index < -0.39 is 6.75 Å². The molecule has 6 nitrogen and oxygen atoms in total. The number of nitrogens with zero attached hydrogens (tertiary/aromatic N) is 2. The van der Waals surface area contributed by atoms with Crippen molar-refractivity contribution in [1.29, 1.82) is 0 Å². The lowest BCUT2D eigenvalue weighted by Crippen LogP contribution is -2.13. The average Bonchev–Trinajstić information content (AvgIpc) is 2.95. The average molecular weight is 370 g/mol. The van der Waals surface area contributed by atoms with Crippen LogP contribution in [0.2, 0.25) is 5.02 Å². The number of hydrogen-bond donors (Lipinski definition) is 1. The molecule has 7 heteroatoms. The fourth-order valence-electron chi connectivity index (χ4n) is 2.57. The minimum atomic E-state index is -2.19. The summed E-state index contributed by atoms with van der Waals surface area (Å²) < 4.78 is 25.3. The Hall–Kier alpha value is -3.12. The first kappa shape index (κ1) is 14.1. The largest absolute Gasteiger partial charge is 0.454 e. The molecule has 4 rings (SSSR count). The van der Waals surface area contributed by atoms with E-state index in [4.69, 9.17) is 23.8 Å². The van der Waals surface area contributed by atoms with Gasteiger partial charge < -0.3 is 14.8 Å². The molecule has 130 valence electrons. The molecule has 0 aliphatic carbocycles. The van der Waals surface area contributed by atoms with Gasteiger partial charge in [0.25, 0.3) is 5.91 Å². The summed E-state index contributed by atoms with van der Waals surface area (Å²) in [4.78, 5) is 20.9. The van der Waals surface area contributed by atoms with Crippen LogP contribution in [0.3, 0.4) is 0 Å². The Kier molecular flexibility index (Phi) is 3.60. The smallest absolute Gasteiger partial charge is 0.258 e. The SMILES string of the molecule is [2H]C1([2H])Oc2cc(C)c(-c3cnc(NC(=O)c4ccccc4Cl)cn3)cc2O1. The summed E-state index contributed by atoms with van der Waals surface area (Å²) in [5, 5.41) is 3.00. The van der Waals surface area contributed by atoms with Crippen LogP contribution in [0.1, 0.15) is 18.7 Å². The molecule has 2 aromatic carbocycles. The summed E-state index contributed by atoms with van der Waals surface area (Å²) in [5.74, 6) is 0.531. The van der Waals surface area contributed by atoms with Crippen molar-refractivity contribution >= 4 is 23.3 Å². The summed E-state index contributed by atoms with van der Waals surface area (Å²) in [5.41, 5.74) is 2.43. The number of aryl methyl sites for hydroxylation is 1. The standard InChI is InChI=1S/C19H14ClN3O3/c1-11-6-16-17(26-10-25-16)7-13(11)15-8-22-18(9-21-15)23-19(24)12-4-2-3-5-14(12)20/h2-9H,10H2,1H3,(H,22,23,24)/i10D2. The molecule has 1 aliphatic rings. The highest BCUT2D eigenvalue weighted by Crippen LogP contribution is 2.37. The third kappa shape index (κ3) is 3.07. The van der Waals surface area contributed by atoms with E-state index in [2.05, 4.69) is 15.3 Å². The van der Waals surface area contributed by atoms with Crippen LogP contribution in [0.5, 0.6) is 11.5 Å². The number of anilines is 1. The van der Waals surface area contributed by atoms with Gasteiger partial charge in [0.1, 0.15) is 2.74 Å². The maximum Gasteiger partial charge on any atom is 0.258 e. The zero-order valence-electron chi connectivity index (χ0n) is 15.6. The first-order valence-electron chi connectivity index (χ1n) is 8.73. The molecule has 0 spiro atoms. The number of benzene rings is 2. The second-order valence-electron chi connectivity index (χ2n) is 5.62. The van der Waals surface area contributed by atoms with E-state index in [1.807, 2.05) is 6.92 Å². The van der Waals surface area contributed by atoms with E-state index >= 15 is 0 Å². The van der Waals surface area contributed by atoms with Gasteiger partial charge in [-0.2, -0.15) is 0 Å². The molecule has 0 saturated heterocycles. The molecular weight excluding hydrogens is 354 g/mol. The number of fused-ring (bicyclic) bond motifs is 1. The Morgan fingerprint density at radius 1 is 1.19 bits per heavy atom. The number of aromatic nitrogens is 2.